The summed E-state index contributed by atoms with van der Waals surface area (Å²) in [5.41, 5.74) is 5.73. The van der Waals surface area contributed by atoms with E-state index >= 15 is 0 Å². The number of imidazole rings is 1. The molecule has 1 aromatic carbocycles. The molecule has 0 spiro atoms. The number of anilines is 1. The Morgan fingerprint density at radius 2 is 1.96 bits per heavy atom. The molecule has 3 heterocycles. The SMILES string of the molecule is CCn1cc(CNc2ccc(-c3cn4c(n3)CCCC4)cc2)c(C)n1. The van der Waals surface area contributed by atoms with Crippen LogP contribution >= 0.6 is 0 Å². The van der Waals surface area contributed by atoms with Crippen molar-refractivity contribution in [3.05, 3.63) is 53.7 Å². The van der Waals surface area contributed by atoms with Gasteiger partial charge in [-0.3, -0.25) is 4.68 Å². The zero-order valence-electron chi connectivity index (χ0n) is 15.0. The highest BCUT2D eigenvalue weighted by Gasteiger charge is 2.13. The molecular weight excluding hydrogens is 310 g/mol. The van der Waals surface area contributed by atoms with E-state index in [2.05, 4.69) is 65.5 Å². The molecule has 4 rings (SSSR count). The van der Waals surface area contributed by atoms with Gasteiger partial charge < -0.3 is 9.88 Å². The maximum absolute atomic E-state index is 4.80. The molecular formula is C20H25N5. The normalized spacial score (nSPS) is 13.7. The summed E-state index contributed by atoms with van der Waals surface area (Å²) in [5, 5.41) is 7.98. The number of nitrogens with zero attached hydrogens (tertiary/aromatic N) is 4. The summed E-state index contributed by atoms with van der Waals surface area (Å²) < 4.78 is 4.29. The first kappa shape index (κ1) is 15.9. The van der Waals surface area contributed by atoms with Crippen molar-refractivity contribution >= 4 is 5.69 Å². The number of nitrogens with one attached hydrogen (secondary N) is 1. The van der Waals surface area contributed by atoms with Gasteiger partial charge in [0.15, 0.2) is 0 Å². The summed E-state index contributed by atoms with van der Waals surface area (Å²) in [6.45, 7) is 6.98. The topological polar surface area (TPSA) is 47.7 Å². The molecule has 1 N–H and O–H groups in total. The second-order valence-electron chi connectivity index (χ2n) is 6.72. The number of aryl methyl sites for hydroxylation is 4. The van der Waals surface area contributed by atoms with Crippen LogP contribution in [0.1, 0.15) is 36.8 Å². The quantitative estimate of drug-likeness (QED) is 0.766. The predicted molar refractivity (Wildman–Crippen MR) is 101 cm³/mol. The Labute approximate surface area is 148 Å². The lowest BCUT2D eigenvalue weighted by Crippen LogP contribution is -2.08. The van der Waals surface area contributed by atoms with Crippen LogP contribution in [0.2, 0.25) is 0 Å². The Kier molecular flexibility index (Phi) is 4.30. The van der Waals surface area contributed by atoms with E-state index in [-0.39, 0.29) is 0 Å². The maximum atomic E-state index is 4.80. The predicted octanol–water partition coefficient (Wildman–Crippen LogP) is 4.02. The monoisotopic (exact) mass is 335 g/mol. The minimum atomic E-state index is 0.796. The van der Waals surface area contributed by atoms with Crippen LogP contribution in [-0.2, 0) is 26.1 Å². The Morgan fingerprint density at radius 3 is 2.68 bits per heavy atom. The van der Waals surface area contributed by atoms with Crippen molar-refractivity contribution in [2.45, 2.75) is 52.7 Å². The van der Waals surface area contributed by atoms with Gasteiger partial charge in [0.05, 0.1) is 11.4 Å². The number of hydrogen-bond donors (Lipinski definition) is 1. The minimum absolute atomic E-state index is 0.796. The van der Waals surface area contributed by atoms with Crippen LogP contribution < -0.4 is 5.32 Å². The van der Waals surface area contributed by atoms with E-state index in [0.29, 0.717) is 0 Å². The molecule has 0 amide bonds. The van der Waals surface area contributed by atoms with Crippen LogP contribution in [0.25, 0.3) is 11.3 Å². The van der Waals surface area contributed by atoms with Crippen molar-refractivity contribution in [1.82, 2.24) is 19.3 Å². The highest BCUT2D eigenvalue weighted by Crippen LogP contribution is 2.24. The molecule has 0 saturated carbocycles. The van der Waals surface area contributed by atoms with Crippen LogP contribution in [-0.4, -0.2) is 19.3 Å². The molecule has 25 heavy (non-hydrogen) atoms. The minimum Gasteiger partial charge on any atom is -0.381 e. The molecule has 0 radical (unpaired) electrons. The fraction of sp³-hybridized carbons (Fsp3) is 0.400. The molecule has 0 bridgehead atoms. The van der Waals surface area contributed by atoms with Crippen molar-refractivity contribution in [3.8, 4) is 11.3 Å². The third kappa shape index (κ3) is 3.31. The molecule has 0 unspecified atom stereocenters. The van der Waals surface area contributed by atoms with Gasteiger partial charge in [-0.15, -0.1) is 0 Å². The van der Waals surface area contributed by atoms with E-state index < -0.39 is 0 Å². The van der Waals surface area contributed by atoms with Gasteiger partial charge in [0.25, 0.3) is 0 Å². The Hall–Kier alpha value is -2.56. The third-order valence-electron chi connectivity index (χ3n) is 4.94. The van der Waals surface area contributed by atoms with Crippen LogP contribution in [0.15, 0.2) is 36.7 Å². The van der Waals surface area contributed by atoms with E-state index in [0.717, 1.165) is 43.1 Å². The molecule has 0 aliphatic carbocycles. The van der Waals surface area contributed by atoms with Gasteiger partial charge in [-0.05, 0) is 38.8 Å². The lowest BCUT2D eigenvalue weighted by Gasteiger charge is -2.11. The molecule has 1 aliphatic rings. The number of hydrogen-bond acceptors (Lipinski definition) is 3. The van der Waals surface area contributed by atoms with E-state index in [1.807, 2.05) is 4.68 Å². The molecule has 1 aliphatic heterocycles. The number of aromatic nitrogens is 4. The maximum Gasteiger partial charge on any atom is 0.109 e. The summed E-state index contributed by atoms with van der Waals surface area (Å²) in [4.78, 5) is 4.80. The lowest BCUT2D eigenvalue weighted by atomic mass is 10.1. The van der Waals surface area contributed by atoms with Crippen LogP contribution in [0, 0.1) is 6.92 Å². The van der Waals surface area contributed by atoms with Gasteiger partial charge in [0, 0.05) is 55.3 Å². The van der Waals surface area contributed by atoms with Crippen LogP contribution in [0.5, 0.6) is 0 Å². The van der Waals surface area contributed by atoms with Crippen molar-refractivity contribution in [2.75, 3.05) is 5.32 Å². The smallest absolute Gasteiger partial charge is 0.109 e. The summed E-state index contributed by atoms with van der Waals surface area (Å²) in [5.74, 6) is 1.23. The van der Waals surface area contributed by atoms with Gasteiger partial charge in [-0.25, -0.2) is 4.98 Å². The van der Waals surface area contributed by atoms with E-state index in [1.165, 1.54) is 29.8 Å². The molecule has 5 heteroatoms. The zero-order valence-corrected chi connectivity index (χ0v) is 15.0. The van der Waals surface area contributed by atoms with E-state index in [1.54, 1.807) is 0 Å². The van der Waals surface area contributed by atoms with Gasteiger partial charge in [0.1, 0.15) is 5.82 Å². The standard InChI is InChI=1S/C20H25N5/c1-3-25-13-17(15(2)23-25)12-21-18-9-7-16(8-10-18)19-14-24-11-5-4-6-20(24)22-19/h7-10,13-14,21H,3-6,11-12H2,1-2H3. The Bertz CT molecular complexity index is 833. The molecule has 0 atom stereocenters. The second-order valence-corrected chi connectivity index (χ2v) is 6.72. The van der Waals surface area contributed by atoms with Crippen LogP contribution in [0.3, 0.4) is 0 Å². The number of rotatable bonds is 5. The molecule has 130 valence electrons. The molecule has 2 aromatic heterocycles. The fourth-order valence-electron chi connectivity index (χ4n) is 3.40. The molecule has 5 nitrogen and oxygen atoms in total. The summed E-state index contributed by atoms with van der Waals surface area (Å²) in [6.07, 6.45) is 7.93. The van der Waals surface area contributed by atoms with Gasteiger partial charge in [-0.1, -0.05) is 12.1 Å². The van der Waals surface area contributed by atoms with Crippen LogP contribution in [0.4, 0.5) is 5.69 Å². The first-order valence-electron chi connectivity index (χ1n) is 9.16. The highest BCUT2D eigenvalue weighted by molar-refractivity contribution is 5.62. The molecule has 0 saturated heterocycles. The molecule has 3 aromatic rings. The van der Waals surface area contributed by atoms with Gasteiger partial charge >= 0.3 is 0 Å². The largest absolute Gasteiger partial charge is 0.381 e. The van der Waals surface area contributed by atoms with Crippen molar-refractivity contribution < 1.29 is 0 Å². The van der Waals surface area contributed by atoms with Gasteiger partial charge in [0.2, 0.25) is 0 Å². The average molecular weight is 335 g/mol. The van der Waals surface area contributed by atoms with Crippen molar-refractivity contribution in [3.63, 3.8) is 0 Å². The molecule has 0 fully saturated rings. The zero-order chi connectivity index (χ0) is 17.2. The van der Waals surface area contributed by atoms with Crippen molar-refractivity contribution in [2.24, 2.45) is 0 Å². The highest BCUT2D eigenvalue weighted by atomic mass is 15.3. The third-order valence-corrected chi connectivity index (χ3v) is 4.94. The van der Waals surface area contributed by atoms with Gasteiger partial charge in [-0.2, -0.15) is 5.10 Å². The first-order chi connectivity index (χ1) is 12.2. The van der Waals surface area contributed by atoms with Crippen molar-refractivity contribution in [1.29, 1.82) is 0 Å². The lowest BCUT2D eigenvalue weighted by molar-refractivity contribution is 0.522. The first-order valence-corrected chi connectivity index (χ1v) is 9.16. The van der Waals surface area contributed by atoms with E-state index in [9.17, 15) is 0 Å². The van der Waals surface area contributed by atoms with E-state index in [4.69, 9.17) is 4.98 Å². The number of fused-ring (bicyclic) bond motifs is 1. The number of benzene rings is 1. The summed E-state index contributed by atoms with van der Waals surface area (Å²) in [7, 11) is 0. The summed E-state index contributed by atoms with van der Waals surface area (Å²) in [6, 6.07) is 8.57. The Morgan fingerprint density at radius 1 is 1.12 bits per heavy atom. The summed E-state index contributed by atoms with van der Waals surface area (Å²) >= 11 is 0. The Balaban J connectivity index is 1.44. The average Bonchev–Trinajstić information content (AvgIpc) is 3.23. The second kappa shape index (κ2) is 6.75. The fourth-order valence-corrected chi connectivity index (χ4v) is 3.40.